The number of rotatable bonds is 7. The van der Waals surface area contributed by atoms with Crippen molar-refractivity contribution in [1.29, 1.82) is 0 Å². The Morgan fingerprint density at radius 1 is 1.10 bits per heavy atom. The molecular formula is C21H20N4O4. The number of para-hydroxylation sites is 2. The fourth-order valence-corrected chi connectivity index (χ4v) is 2.66. The van der Waals surface area contributed by atoms with Crippen molar-refractivity contribution in [3.63, 3.8) is 0 Å². The molecule has 1 heterocycles. The van der Waals surface area contributed by atoms with Crippen LogP contribution in [0.5, 0.6) is 5.75 Å². The molecule has 3 rings (SSSR count). The summed E-state index contributed by atoms with van der Waals surface area (Å²) in [5.74, 6) is -0.403. The number of amides is 2. The number of carbonyl (C=O) groups excluding carboxylic acids is 1. The number of hydrogen-bond acceptors (Lipinski definition) is 4. The van der Waals surface area contributed by atoms with Crippen LogP contribution in [0.15, 0.2) is 72.0 Å². The first kappa shape index (κ1) is 19.7. The standard InChI is InChI=1S/C21H20N4O4/c1-2-29-19-8-4-3-7-18(19)23-21(28)24-22-14-17-6-5-13-25(17)16-11-9-15(10-12-16)20(26)27/h3-14H,2H2,1H3,(H,26,27)(H2,23,24,28)/b22-14+. The maximum absolute atomic E-state index is 12.1. The van der Waals surface area contributed by atoms with Crippen molar-refractivity contribution in [2.75, 3.05) is 11.9 Å². The van der Waals surface area contributed by atoms with Crippen molar-refractivity contribution in [2.24, 2.45) is 5.10 Å². The highest BCUT2D eigenvalue weighted by Gasteiger charge is 2.07. The molecule has 0 saturated heterocycles. The lowest BCUT2D eigenvalue weighted by Crippen LogP contribution is -2.24. The summed E-state index contributed by atoms with van der Waals surface area (Å²) in [5, 5.41) is 15.7. The summed E-state index contributed by atoms with van der Waals surface area (Å²) in [6.45, 7) is 2.36. The van der Waals surface area contributed by atoms with Crippen LogP contribution in [-0.2, 0) is 0 Å². The first-order chi connectivity index (χ1) is 14.1. The molecule has 3 aromatic rings. The Morgan fingerprint density at radius 3 is 2.59 bits per heavy atom. The van der Waals surface area contributed by atoms with E-state index in [2.05, 4.69) is 15.8 Å². The third-order valence-electron chi connectivity index (χ3n) is 3.97. The minimum absolute atomic E-state index is 0.210. The van der Waals surface area contributed by atoms with Gasteiger partial charge in [0, 0.05) is 11.9 Å². The van der Waals surface area contributed by atoms with E-state index in [1.165, 1.54) is 18.3 Å². The zero-order chi connectivity index (χ0) is 20.6. The van der Waals surface area contributed by atoms with E-state index in [0.717, 1.165) is 5.69 Å². The number of carboxylic acid groups (broad SMARTS) is 1. The average Bonchev–Trinajstić information content (AvgIpc) is 3.18. The van der Waals surface area contributed by atoms with Gasteiger partial charge in [-0.1, -0.05) is 12.1 Å². The van der Waals surface area contributed by atoms with E-state index in [-0.39, 0.29) is 5.56 Å². The number of aromatic carboxylic acids is 1. The second kappa shape index (κ2) is 9.23. The molecule has 0 aliphatic carbocycles. The average molecular weight is 392 g/mol. The van der Waals surface area contributed by atoms with Crippen molar-refractivity contribution < 1.29 is 19.4 Å². The Balaban J connectivity index is 1.65. The fourth-order valence-electron chi connectivity index (χ4n) is 2.66. The molecule has 0 atom stereocenters. The molecule has 2 aromatic carbocycles. The SMILES string of the molecule is CCOc1ccccc1NC(=O)N/N=C/c1cccn1-c1ccc(C(=O)O)cc1. The number of ether oxygens (including phenoxy) is 1. The molecule has 0 aliphatic rings. The number of aromatic nitrogens is 1. The molecule has 148 valence electrons. The molecule has 0 saturated carbocycles. The number of benzene rings is 2. The van der Waals surface area contributed by atoms with E-state index in [1.54, 1.807) is 30.3 Å². The van der Waals surface area contributed by atoms with Crippen LogP contribution in [-0.4, -0.2) is 34.5 Å². The second-order valence-electron chi connectivity index (χ2n) is 5.91. The summed E-state index contributed by atoms with van der Waals surface area (Å²) in [7, 11) is 0. The molecule has 1 aromatic heterocycles. The summed E-state index contributed by atoms with van der Waals surface area (Å²) >= 11 is 0. The van der Waals surface area contributed by atoms with Gasteiger partial charge < -0.3 is 19.7 Å². The summed E-state index contributed by atoms with van der Waals surface area (Å²) in [5.41, 5.74) is 4.66. The van der Waals surface area contributed by atoms with Crippen molar-refractivity contribution in [3.8, 4) is 11.4 Å². The largest absolute Gasteiger partial charge is 0.492 e. The van der Waals surface area contributed by atoms with Crippen LogP contribution >= 0.6 is 0 Å². The molecule has 0 radical (unpaired) electrons. The predicted octanol–water partition coefficient (Wildman–Crippen LogP) is 3.73. The Kier molecular flexibility index (Phi) is 6.26. The number of urea groups is 1. The molecular weight excluding hydrogens is 372 g/mol. The van der Waals surface area contributed by atoms with Gasteiger partial charge in [0.1, 0.15) is 5.75 Å². The van der Waals surface area contributed by atoms with Gasteiger partial charge in [-0.15, -0.1) is 0 Å². The molecule has 0 unspecified atom stereocenters. The van der Waals surface area contributed by atoms with E-state index in [4.69, 9.17) is 9.84 Å². The summed E-state index contributed by atoms with van der Waals surface area (Å²) in [4.78, 5) is 23.1. The highest BCUT2D eigenvalue weighted by atomic mass is 16.5. The van der Waals surface area contributed by atoms with Gasteiger partial charge in [0.15, 0.2) is 0 Å². The van der Waals surface area contributed by atoms with Gasteiger partial charge in [-0.3, -0.25) is 0 Å². The monoisotopic (exact) mass is 392 g/mol. The quantitative estimate of drug-likeness (QED) is 0.421. The zero-order valence-electron chi connectivity index (χ0n) is 15.7. The predicted molar refractivity (Wildman–Crippen MR) is 110 cm³/mol. The van der Waals surface area contributed by atoms with E-state index in [9.17, 15) is 9.59 Å². The minimum atomic E-state index is -0.980. The number of carbonyl (C=O) groups is 2. The van der Waals surface area contributed by atoms with Gasteiger partial charge in [-0.2, -0.15) is 5.10 Å². The summed E-state index contributed by atoms with van der Waals surface area (Å²) in [6.07, 6.45) is 3.31. The maximum Gasteiger partial charge on any atom is 0.339 e. The summed E-state index contributed by atoms with van der Waals surface area (Å²) in [6, 6.07) is 16.7. The highest BCUT2D eigenvalue weighted by molar-refractivity contribution is 5.91. The molecule has 0 aliphatic heterocycles. The van der Waals surface area contributed by atoms with Crippen LogP contribution in [0.25, 0.3) is 5.69 Å². The number of anilines is 1. The lowest BCUT2D eigenvalue weighted by molar-refractivity contribution is 0.0697. The highest BCUT2D eigenvalue weighted by Crippen LogP contribution is 2.23. The van der Waals surface area contributed by atoms with Gasteiger partial charge in [-0.05, 0) is 55.5 Å². The molecule has 29 heavy (non-hydrogen) atoms. The number of carboxylic acids is 1. The van der Waals surface area contributed by atoms with Crippen LogP contribution < -0.4 is 15.5 Å². The van der Waals surface area contributed by atoms with E-state index in [0.29, 0.717) is 23.7 Å². The van der Waals surface area contributed by atoms with Crippen molar-refractivity contribution in [2.45, 2.75) is 6.92 Å². The van der Waals surface area contributed by atoms with Crippen LogP contribution in [0.2, 0.25) is 0 Å². The van der Waals surface area contributed by atoms with Gasteiger partial charge in [0.05, 0.1) is 29.8 Å². The second-order valence-corrected chi connectivity index (χ2v) is 5.91. The first-order valence-electron chi connectivity index (χ1n) is 8.91. The van der Waals surface area contributed by atoms with Gasteiger partial charge in [0.25, 0.3) is 0 Å². The number of hydrogen-bond donors (Lipinski definition) is 3. The number of hydrazone groups is 1. The Bertz CT molecular complexity index is 1030. The summed E-state index contributed by atoms with van der Waals surface area (Å²) < 4.78 is 7.29. The van der Waals surface area contributed by atoms with Crippen LogP contribution in [0.4, 0.5) is 10.5 Å². The minimum Gasteiger partial charge on any atom is -0.492 e. The maximum atomic E-state index is 12.1. The van der Waals surface area contributed by atoms with Gasteiger partial charge in [0.2, 0.25) is 0 Å². The van der Waals surface area contributed by atoms with E-state index >= 15 is 0 Å². The van der Waals surface area contributed by atoms with Crippen molar-refractivity contribution >= 4 is 23.9 Å². The van der Waals surface area contributed by atoms with Crippen LogP contribution in [0, 0.1) is 0 Å². The lowest BCUT2D eigenvalue weighted by Gasteiger charge is -2.10. The molecule has 8 heteroatoms. The number of nitrogens with one attached hydrogen (secondary N) is 2. The molecule has 3 N–H and O–H groups in total. The lowest BCUT2D eigenvalue weighted by atomic mass is 10.2. The number of nitrogens with zero attached hydrogens (tertiary/aromatic N) is 2. The first-order valence-corrected chi connectivity index (χ1v) is 8.91. The smallest absolute Gasteiger partial charge is 0.339 e. The Labute approximate surface area is 167 Å². The Morgan fingerprint density at radius 2 is 1.86 bits per heavy atom. The van der Waals surface area contributed by atoms with Gasteiger partial charge >= 0.3 is 12.0 Å². The van der Waals surface area contributed by atoms with Gasteiger partial charge in [-0.25, -0.2) is 15.0 Å². The molecule has 8 nitrogen and oxygen atoms in total. The van der Waals surface area contributed by atoms with Crippen molar-refractivity contribution in [1.82, 2.24) is 9.99 Å². The van der Waals surface area contributed by atoms with Crippen molar-refractivity contribution in [3.05, 3.63) is 78.1 Å². The third-order valence-corrected chi connectivity index (χ3v) is 3.97. The van der Waals surface area contributed by atoms with Crippen LogP contribution in [0.1, 0.15) is 23.0 Å². The molecule has 0 bridgehead atoms. The van der Waals surface area contributed by atoms with Crippen LogP contribution in [0.3, 0.4) is 0 Å². The van der Waals surface area contributed by atoms with E-state index in [1.807, 2.05) is 35.9 Å². The normalized spacial score (nSPS) is 10.7. The molecule has 0 spiro atoms. The fraction of sp³-hybridized carbons (Fsp3) is 0.0952. The van der Waals surface area contributed by atoms with E-state index < -0.39 is 12.0 Å². The topological polar surface area (TPSA) is 105 Å². The molecule has 2 amide bonds. The Hall–Kier alpha value is -4.07. The third kappa shape index (κ3) is 5.01. The molecule has 0 fully saturated rings. The zero-order valence-corrected chi connectivity index (χ0v) is 15.7.